The number of amides is 1. The van der Waals surface area contributed by atoms with Gasteiger partial charge in [-0.3, -0.25) is 4.79 Å². The van der Waals surface area contributed by atoms with Gasteiger partial charge in [-0.1, -0.05) is 0 Å². The number of nitrogens with one attached hydrogen (secondary N) is 2. The Morgan fingerprint density at radius 3 is 2.42 bits per heavy atom. The largest absolute Gasteiger partial charge is 0.353 e. The molecule has 0 aromatic carbocycles. The van der Waals surface area contributed by atoms with E-state index in [1.807, 2.05) is 0 Å². The van der Waals surface area contributed by atoms with Crippen LogP contribution in [0, 0.1) is 29.6 Å². The van der Waals surface area contributed by atoms with E-state index in [9.17, 15) is 4.79 Å². The van der Waals surface area contributed by atoms with Crippen molar-refractivity contribution in [1.82, 2.24) is 10.6 Å². The minimum atomic E-state index is 0.331. The van der Waals surface area contributed by atoms with Crippen LogP contribution in [0.15, 0.2) is 0 Å². The molecular formula is C16H26N2O. The molecule has 3 heteroatoms. The third-order valence-electron chi connectivity index (χ3n) is 6.30. The minimum Gasteiger partial charge on any atom is -0.353 e. The van der Waals surface area contributed by atoms with Crippen molar-refractivity contribution < 1.29 is 4.79 Å². The predicted molar refractivity (Wildman–Crippen MR) is 74.6 cm³/mol. The fourth-order valence-corrected chi connectivity index (χ4v) is 5.28. The monoisotopic (exact) mass is 262 g/mol. The molecule has 4 atom stereocenters. The molecule has 2 bridgehead atoms. The van der Waals surface area contributed by atoms with Crippen molar-refractivity contribution >= 4 is 5.91 Å². The zero-order valence-electron chi connectivity index (χ0n) is 11.7. The average Bonchev–Trinajstić information content (AvgIpc) is 2.85. The van der Waals surface area contributed by atoms with Gasteiger partial charge >= 0.3 is 0 Å². The minimum absolute atomic E-state index is 0.331. The lowest BCUT2D eigenvalue weighted by molar-refractivity contribution is -0.121. The number of fused-ring (bicyclic) bond motifs is 5. The summed E-state index contributed by atoms with van der Waals surface area (Å²) in [5, 5.41) is 6.73. The maximum absolute atomic E-state index is 12.1. The van der Waals surface area contributed by atoms with Crippen LogP contribution in [0.2, 0.25) is 0 Å². The van der Waals surface area contributed by atoms with Crippen LogP contribution in [-0.4, -0.2) is 25.0 Å². The summed E-state index contributed by atoms with van der Waals surface area (Å²) >= 11 is 0. The van der Waals surface area contributed by atoms with Crippen molar-refractivity contribution in [3.63, 3.8) is 0 Å². The van der Waals surface area contributed by atoms with E-state index in [0.717, 1.165) is 55.5 Å². The molecule has 1 amide bonds. The van der Waals surface area contributed by atoms with E-state index >= 15 is 0 Å². The van der Waals surface area contributed by atoms with E-state index in [0.29, 0.717) is 11.9 Å². The zero-order valence-corrected chi connectivity index (χ0v) is 11.7. The quantitative estimate of drug-likeness (QED) is 0.813. The van der Waals surface area contributed by atoms with E-state index in [2.05, 4.69) is 10.6 Å². The van der Waals surface area contributed by atoms with E-state index in [1.165, 1.54) is 32.1 Å². The Bertz CT molecular complexity index is 348. The number of rotatable bonds is 4. The van der Waals surface area contributed by atoms with Gasteiger partial charge in [-0.15, -0.1) is 0 Å². The van der Waals surface area contributed by atoms with Crippen LogP contribution < -0.4 is 10.6 Å². The zero-order chi connectivity index (χ0) is 12.8. The molecule has 2 N–H and O–H groups in total. The van der Waals surface area contributed by atoms with E-state index in [-0.39, 0.29) is 0 Å². The van der Waals surface area contributed by atoms with Gasteiger partial charge < -0.3 is 10.6 Å². The lowest BCUT2D eigenvalue weighted by Gasteiger charge is -2.22. The highest BCUT2D eigenvalue weighted by atomic mass is 16.1. The molecule has 1 heterocycles. The Balaban J connectivity index is 1.21. The normalized spacial score (nSPS) is 44.1. The Morgan fingerprint density at radius 2 is 1.74 bits per heavy atom. The molecule has 3 nitrogen and oxygen atoms in total. The van der Waals surface area contributed by atoms with Crippen LogP contribution in [0.3, 0.4) is 0 Å². The number of hydrogen-bond acceptors (Lipinski definition) is 2. The SMILES string of the molecule is O=C(CCC1CCNCC1)NC1C2C3CCC(C3)C12. The van der Waals surface area contributed by atoms with Crippen LogP contribution in [0.25, 0.3) is 0 Å². The average molecular weight is 262 g/mol. The number of piperidine rings is 1. The molecule has 0 spiro atoms. The molecular weight excluding hydrogens is 236 g/mol. The summed E-state index contributed by atoms with van der Waals surface area (Å²) in [5.41, 5.74) is 0. The Morgan fingerprint density at radius 1 is 1.05 bits per heavy atom. The molecule has 4 fully saturated rings. The van der Waals surface area contributed by atoms with Crippen LogP contribution >= 0.6 is 0 Å². The summed E-state index contributed by atoms with van der Waals surface area (Å²) in [6.07, 6.45) is 8.72. The standard InChI is InChI=1S/C16H26N2O/c19-13(4-1-10-5-7-17-8-6-10)18-16-14-11-2-3-12(9-11)15(14)16/h10-12,14-17H,1-9H2,(H,18,19). The summed E-state index contributed by atoms with van der Waals surface area (Å²) < 4.78 is 0. The second kappa shape index (κ2) is 4.76. The first-order chi connectivity index (χ1) is 9.33. The van der Waals surface area contributed by atoms with Crippen molar-refractivity contribution in [3.8, 4) is 0 Å². The molecule has 1 aliphatic heterocycles. The van der Waals surface area contributed by atoms with Crippen molar-refractivity contribution in [2.45, 2.75) is 51.0 Å². The molecule has 1 saturated heterocycles. The lowest BCUT2D eigenvalue weighted by Crippen LogP contribution is -2.31. The fraction of sp³-hybridized carbons (Fsp3) is 0.938. The summed E-state index contributed by atoms with van der Waals surface area (Å²) in [4.78, 5) is 12.1. The molecule has 4 rings (SSSR count). The van der Waals surface area contributed by atoms with Gasteiger partial charge in [-0.05, 0) is 81.2 Å². The fourth-order valence-electron chi connectivity index (χ4n) is 5.28. The summed E-state index contributed by atoms with van der Waals surface area (Å²) in [6.45, 7) is 2.28. The van der Waals surface area contributed by atoms with Crippen molar-refractivity contribution in [3.05, 3.63) is 0 Å². The lowest BCUT2D eigenvalue weighted by atomic mass is 9.93. The van der Waals surface area contributed by atoms with Crippen molar-refractivity contribution in [2.75, 3.05) is 13.1 Å². The van der Waals surface area contributed by atoms with Gasteiger partial charge in [0.1, 0.15) is 0 Å². The van der Waals surface area contributed by atoms with Crippen LogP contribution in [0.1, 0.15) is 44.9 Å². The van der Waals surface area contributed by atoms with Crippen LogP contribution in [0.4, 0.5) is 0 Å². The second-order valence-corrected chi connectivity index (χ2v) is 7.31. The molecule has 3 saturated carbocycles. The molecule has 3 aliphatic carbocycles. The molecule has 4 aliphatic rings. The Labute approximate surface area is 115 Å². The van der Waals surface area contributed by atoms with Gasteiger partial charge in [0.05, 0.1) is 0 Å². The Kier molecular flexibility index (Phi) is 3.06. The molecule has 0 aromatic heterocycles. The van der Waals surface area contributed by atoms with E-state index in [1.54, 1.807) is 0 Å². The third-order valence-corrected chi connectivity index (χ3v) is 6.30. The highest BCUT2D eigenvalue weighted by molar-refractivity contribution is 5.76. The summed E-state index contributed by atoms with van der Waals surface area (Å²) in [5.74, 6) is 4.79. The van der Waals surface area contributed by atoms with E-state index < -0.39 is 0 Å². The number of carbonyl (C=O) groups is 1. The molecule has 4 unspecified atom stereocenters. The van der Waals surface area contributed by atoms with Gasteiger partial charge in [0, 0.05) is 12.5 Å². The predicted octanol–water partition coefficient (Wildman–Crippen LogP) is 1.93. The van der Waals surface area contributed by atoms with Gasteiger partial charge in [0.15, 0.2) is 0 Å². The van der Waals surface area contributed by atoms with Gasteiger partial charge in [0.25, 0.3) is 0 Å². The topological polar surface area (TPSA) is 41.1 Å². The first kappa shape index (κ1) is 12.2. The second-order valence-electron chi connectivity index (χ2n) is 7.31. The first-order valence-corrected chi connectivity index (χ1v) is 8.33. The number of carbonyl (C=O) groups excluding carboxylic acids is 1. The maximum atomic E-state index is 12.1. The molecule has 19 heavy (non-hydrogen) atoms. The highest BCUT2D eigenvalue weighted by Gasteiger charge is 2.65. The summed E-state index contributed by atoms with van der Waals surface area (Å²) in [7, 11) is 0. The molecule has 0 aromatic rings. The van der Waals surface area contributed by atoms with Crippen molar-refractivity contribution in [2.24, 2.45) is 29.6 Å². The van der Waals surface area contributed by atoms with Gasteiger partial charge in [-0.2, -0.15) is 0 Å². The van der Waals surface area contributed by atoms with E-state index in [4.69, 9.17) is 0 Å². The van der Waals surface area contributed by atoms with Crippen molar-refractivity contribution in [1.29, 1.82) is 0 Å². The van der Waals surface area contributed by atoms with Gasteiger partial charge in [0.2, 0.25) is 5.91 Å². The molecule has 106 valence electrons. The maximum Gasteiger partial charge on any atom is 0.220 e. The summed E-state index contributed by atoms with van der Waals surface area (Å²) in [6, 6.07) is 0.576. The highest BCUT2D eigenvalue weighted by Crippen LogP contribution is 2.65. The third kappa shape index (κ3) is 2.20. The molecule has 0 radical (unpaired) electrons. The van der Waals surface area contributed by atoms with Gasteiger partial charge in [-0.25, -0.2) is 0 Å². The van der Waals surface area contributed by atoms with Crippen LogP contribution in [-0.2, 0) is 4.79 Å². The first-order valence-electron chi connectivity index (χ1n) is 8.33. The Hall–Kier alpha value is -0.570. The van der Waals surface area contributed by atoms with Crippen LogP contribution in [0.5, 0.6) is 0 Å². The number of hydrogen-bond donors (Lipinski definition) is 2. The smallest absolute Gasteiger partial charge is 0.220 e.